The minimum atomic E-state index is -5.47. The molecule has 0 radical (unpaired) electrons. The van der Waals surface area contributed by atoms with Crippen LogP contribution >= 0.6 is 0 Å². The molecule has 0 spiro atoms. The number of phenolic OH excluding ortho intramolecular Hbond substituents is 2. The van der Waals surface area contributed by atoms with Crippen molar-refractivity contribution in [3.05, 3.63) is 42.5 Å². The maximum atomic E-state index is 11.8. The molecule has 0 aliphatic rings. The van der Waals surface area contributed by atoms with Crippen molar-refractivity contribution in [3.8, 4) is 11.5 Å². The summed E-state index contributed by atoms with van der Waals surface area (Å²) in [6, 6.07) is 6.86. The van der Waals surface area contributed by atoms with Crippen LogP contribution in [0.15, 0.2) is 62.5 Å². The summed E-state index contributed by atoms with van der Waals surface area (Å²) in [5, 5.41) is 26.8. The molecule has 0 amide bonds. The van der Waals surface area contributed by atoms with Crippen LogP contribution in [0.2, 0.25) is 0 Å². The van der Waals surface area contributed by atoms with Gasteiger partial charge in [0.1, 0.15) is 0 Å². The SMILES string of the molecule is O.O.O.O=S(=O)(O)c1cc(O)c2c(O)c(N=Nc3ccccc3[As](=O)(O)O)c(S(=O)(=O)O)cc2c1. The monoisotopic (exact) mass is 602 g/mol. The van der Waals surface area contributed by atoms with Crippen molar-refractivity contribution >= 4 is 60.9 Å². The van der Waals surface area contributed by atoms with Gasteiger partial charge >= 0.3 is 183 Å². The first-order chi connectivity index (χ1) is 14.6. The van der Waals surface area contributed by atoms with Crippen LogP contribution in [0.1, 0.15) is 0 Å². The van der Waals surface area contributed by atoms with Gasteiger partial charge in [-0.2, -0.15) is 0 Å². The van der Waals surface area contributed by atoms with Crippen molar-refractivity contribution in [1.29, 1.82) is 0 Å². The number of rotatable bonds is 5. The molecule has 0 heterocycles. The number of fused-ring (bicyclic) bond motifs is 1. The molecule has 0 aliphatic carbocycles. The van der Waals surface area contributed by atoms with Gasteiger partial charge in [-0.15, -0.1) is 0 Å². The molecule has 0 fully saturated rings. The molecule has 16 nitrogen and oxygen atoms in total. The van der Waals surface area contributed by atoms with E-state index in [0.717, 1.165) is 18.2 Å². The molecule has 0 saturated heterocycles. The Bertz CT molecular complexity index is 1550. The summed E-state index contributed by atoms with van der Waals surface area (Å²) >= 11 is -5.47. The van der Waals surface area contributed by atoms with E-state index in [1.165, 1.54) is 12.1 Å². The normalized spacial score (nSPS) is 12.0. The quantitative estimate of drug-likeness (QED) is 0.108. The second kappa shape index (κ2) is 10.8. The summed E-state index contributed by atoms with van der Waals surface area (Å²) in [4.78, 5) is -1.88. The topological polar surface area (TPSA) is 326 Å². The van der Waals surface area contributed by atoms with Crippen molar-refractivity contribution in [3.63, 3.8) is 0 Å². The zero-order valence-electron chi connectivity index (χ0n) is 16.9. The van der Waals surface area contributed by atoms with E-state index in [1.54, 1.807) is 0 Å². The third kappa shape index (κ3) is 6.61. The molecule has 0 aromatic heterocycles. The standard InChI is InChI=1S/C16H13AsN2O11S2.3H2O/c20-12-7-9(31(25,26)27)5-8-6-13(32(28,29)30)15(16(21)14(8)12)19-18-11-4-2-1-3-10(11)17(22,23)24;;;/h1-7,20-21H,(H2,22,23,24)(H,25,26,27)(H,28,29,30);3*1H2. The first kappa shape index (κ1) is 32.1. The minimum absolute atomic E-state index is 0. The van der Waals surface area contributed by atoms with Crippen LogP contribution in [0.5, 0.6) is 11.5 Å². The van der Waals surface area contributed by atoms with Gasteiger partial charge < -0.3 is 16.4 Å². The summed E-state index contributed by atoms with van der Waals surface area (Å²) < 4.78 is 95.2. The number of azo groups is 1. The van der Waals surface area contributed by atoms with Gasteiger partial charge in [-0.25, -0.2) is 0 Å². The Labute approximate surface area is 199 Å². The fourth-order valence-corrected chi connectivity index (χ4v) is 5.44. The van der Waals surface area contributed by atoms with Crippen molar-refractivity contribution < 1.29 is 64.5 Å². The van der Waals surface area contributed by atoms with Crippen molar-refractivity contribution in [2.75, 3.05) is 0 Å². The van der Waals surface area contributed by atoms with E-state index >= 15 is 0 Å². The average Bonchev–Trinajstić information content (AvgIpc) is 2.64. The molecule has 3 aromatic carbocycles. The molecular formula is C16H19AsN2O14S2. The average molecular weight is 602 g/mol. The summed E-state index contributed by atoms with van der Waals surface area (Å²) in [7, 11) is -9.93. The third-order valence-corrected chi connectivity index (χ3v) is 7.94. The summed E-state index contributed by atoms with van der Waals surface area (Å²) in [6.07, 6.45) is 0. The van der Waals surface area contributed by atoms with Crippen LogP contribution in [0, 0.1) is 0 Å². The Kier molecular flexibility index (Phi) is 9.90. The molecule has 0 saturated carbocycles. The summed E-state index contributed by atoms with van der Waals surface area (Å²) in [5.41, 5.74) is -1.26. The first-order valence-corrected chi connectivity index (χ1v) is 14.4. The van der Waals surface area contributed by atoms with Crippen molar-refractivity contribution in [2.45, 2.75) is 9.79 Å². The van der Waals surface area contributed by atoms with Gasteiger partial charge in [0.15, 0.2) is 0 Å². The van der Waals surface area contributed by atoms with E-state index in [2.05, 4.69) is 10.2 Å². The molecule has 0 aliphatic heterocycles. The van der Waals surface area contributed by atoms with E-state index in [-0.39, 0.29) is 22.1 Å². The Balaban J connectivity index is 0.00000385. The molecule has 3 rings (SSSR count). The van der Waals surface area contributed by atoms with Gasteiger partial charge in [0.05, 0.1) is 0 Å². The number of aromatic hydroxyl groups is 2. The molecular weight excluding hydrogens is 583 g/mol. The first-order valence-electron chi connectivity index (χ1n) is 8.15. The molecule has 12 N–H and O–H groups in total. The second-order valence-electron chi connectivity index (χ2n) is 6.30. The van der Waals surface area contributed by atoms with Gasteiger partial charge in [0, 0.05) is 0 Å². The Morgan fingerprint density at radius 2 is 1.37 bits per heavy atom. The molecule has 19 heteroatoms. The zero-order chi connectivity index (χ0) is 24.1. The Morgan fingerprint density at radius 1 is 0.800 bits per heavy atom. The molecule has 0 bridgehead atoms. The van der Waals surface area contributed by atoms with Gasteiger partial charge in [0.25, 0.3) is 0 Å². The van der Waals surface area contributed by atoms with Crippen LogP contribution in [-0.4, -0.2) is 74.9 Å². The van der Waals surface area contributed by atoms with Gasteiger partial charge in [-0.05, 0) is 0 Å². The molecule has 0 atom stereocenters. The summed E-state index contributed by atoms with van der Waals surface area (Å²) in [5.74, 6) is -1.93. The number of hydrogen-bond donors (Lipinski definition) is 6. The van der Waals surface area contributed by atoms with Crippen LogP contribution < -0.4 is 4.35 Å². The fraction of sp³-hybridized carbons (Fsp3) is 0. The van der Waals surface area contributed by atoms with E-state index in [9.17, 15) is 43.5 Å². The van der Waals surface area contributed by atoms with Crippen LogP contribution in [0.3, 0.4) is 0 Å². The van der Waals surface area contributed by atoms with Crippen LogP contribution in [-0.2, 0) is 24.0 Å². The predicted molar refractivity (Wildman–Crippen MR) is 119 cm³/mol. The van der Waals surface area contributed by atoms with Gasteiger partial charge in [0.2, 0.25) is 0 Å². The van der Waals surface area contributed by atoms with E-state index in [1.807, 2.05) is 0 Å². The number of phenols is 2. The van der Waals surface area contributed by atoms with E-state index < -0.39 is 76.5 Å². The fourth-order valence-electron chi connectivity index (χ4n) is 2.78. The molecule has 194 valence electrons. The maximum absolute atomic E-state index is 11.8. The van der Waals surface area contributed by atoms with Gasteiger partial charge in [-0.1, -0.05) is 0 Å². The third-order valence-electron chi connectivity index (χ3n) is 4.13. The molecule has 35 heavy (non-hydrogen) atoms. The summed E-state index contributed by atoms with van der Waals surface area (Å²) in [6.45, 7) is 0. The number of benzene rings is 3. The van der Waals surface area contributed by atoms with Crippen LogP contribution in [0.4, 0.5) is 11.4 Å². The Morgan fingerprint density at radius 3 is 1.89 bits per heavy atom. The van der Waals surface area contributed by atoms with E-state index in [4.69, 9.17) is 4.55 Å². The molecule has 3 aromatic rings. The molecule has 0 unspecified atom stereocenters. The van der Waals surface area contributed by atoms with Crippen LogP contribution in [0.25, 0.3) is 10.8 Å². The van der Waals surface area contributed by atoms with Gasteiger partial charge in [-0.3, -0.25) is 0 Å². The zero-order valence-corrected chi connectivity index (χ0v) is 20.4. The van der Waals surface area contributed by atoms with Crippen molar-refractivity contribution in [2.24, 2.45) is 10.2 Å². The second-order valence-corrected chi connectivity index (χ2v) is 12.4. The van der Waals surface area contributed by atoms with E-state index in [0.29, 0.717) is 12.1 Å². The predicted octanol–water partition coefficient (Wildman–Crippen LogP) is -1.75. The number of nitrogens with zero attached hydrogens (tertiary/aromatic N) is 2. The Hall–Kier alpha value is -2.90. The number of hydrogen-bond acceptors (Lipinski definition) is 9. The van der Waals surface area contributed by atoms with Crippen molar-refractivity contribution in [1.82, 2.24) is 0 Å².